The van der Waals surface area contributed by atoms with Gasteiger partial charge in [0, 0.05) is 17.5 Å². The van der Waals surface area contributed by atoms with Gasteiger partial charge in [-0.25, -0.2) is 9.97 Å². The van der Waals surface area contributed by atoms with Crippen LogP contribution in [-0.2, 0) is 0 Å². The van der Waals surface area contributed by atoms with E-state index in [9.17, 15) is 0 Å². The number of aromatic amines is 2. The first-order chi connectivity index (χ1) is 7.79. The minimum absolute atomic E-state index is 0.0152. The largest absolute Gasteiger partial charge is 0.396 e. The summed E-state index contributed by atoms with van der Waals surface area (Å²) in [7, 11) is 0. The van der Waals surface area contributed by atoms with Crippen LogP contribution in [0.5, 0.6) is 0 Å². The summed E-state index contributed by atoms with van der Waals surface area (Å²) in [4.78, 5) is 15.0. The summed E-state index contributed by atoms with van der Waals surface area (Å²) >= 11 is 0. The second-order valence-corrected chi connectivity index (χ2v) is 3.97. The number of hydrogen-bond donors (Lipinski definition) is 3. The molecule has 0 fully saturated rings. The van der Waals surface area contributed by atoms with E-state index in [1.807, 2.05) is 19.2 Å². The van der Waals surface area contributed by atoms with Gasteiger partial charge >= 0.3 is 0 Å². The SMILES string of the molecule is CC(CO)c1nc2c(cnc3[nH]ccc32)[nH]1. The van der Waals surface area contributed by atoms with E-state index in [0.717, 1.165) is 27.9 Å². The molecule has 0 saturated heterocycles. The lowest BCUT2D eigenvalue weighted by Gasteiger charge is -2.00. The van der Waals surface area contributed by atoms with E-state index < -0.39 is 0 Å². The van der Waals surface area contributed by atoms with Crippen molar-refractivity contribution in [3.63, 3.8) is 0 Å². The van der Waals surface area contributed by atoms with Crippen LogP contribution in [0, 0.1) is 0 Å². The normalized spacial score (nSPS) is 13.6. The average molecular weight is 216 g/mol. The smallest absolute Gasteiger partial charge is 0.139 e. The molecule has 5 heteroatoms. The second-order valence-electron chi connectivity index (χ2n) is 3.97. The number of H-pyrrole nitrogens is 2. The first-order valence-electron chi connectivity index (χ1n) is 5.22. The standard InChI is InChI=1S/C11H12N4O/c1-6(5-16)10-14-8-4-13-11-7(2-3-12-11)9(8)15-10/h2-4,6,16H,5H2,1H3,(H,12,13)(H,14,15). The topological polar surface area (TPSA) is 77.6 Å². The van der Waals surface area contributed by atoms with E-state index >= 15 is 0 Å². The Morgan fingerprint density at radius 3 is 3.19 bits per heavy atom. The van der Waals surface area contributed by atoms with Gasteiger partial charge in [-0.3, -0.25) is 0 Å². The summed E-state index contributed by atoms with van der Waals surface area (Å²) in [6, 6.07) is 1.96. The molecule has 0 saturated carbocycles. The summed E-state index contributed by atoms with van der Waals surface area (Å²) in [6.45, 7) is 2.02. The maximum atomic E-state index is 9.10. The van der Waals surface area contributed by atoms with Crippen molar-refractivity contribution in [2.75, 3.05) is 6.61 Å². The van der Waals surface area contributed by atoms with Gasteiger partial charge in [0.1, 0.15) is 17.0 Å². The van der Waals surface area contributed by atoms with Gasteiger partial charge < -0.3 is 15.1 Å². The Morgan fingerprint density at radius 1 is 1.50 bits per heavy atom. The van der Waals surface area contributed by atoms with E-state index in [1.165, 1.54) is 0 Å². The van der Waals surface area contributed by atoms with Gasteiger partial charge in [0.15, 0.2) is 0 Å². The molecule has 82 valence electrons. The van der Waals surface area contributed by atoms with Crippen LogP contribution in [0.25, 0.3) is 22.1 Å². The molecule has 0 radical (unpaired) electrons. The van der Waals surface area contributed by atoms with E-state index in [2.05, 4.69) is 19.9 Å². The summed E-state index contributed by atoms with van der Waals surface area (Å²) in [5, 5.41) is 10.1. The fraction of sp³-hybridized carbons (Fsp3) is 0.273. The minimum atomic E-state index is 0.0152. The number of rotatable bonds is 2. The van der Waals surface area contributed by atoms with Crippen molar-refractivity contribution in [3.05, 3.63) is 24.3 Å². The lowest BCUT2D eigenvalue weighted by atomic mass is 10.2. The maximum Gasteiger partial charge on any atom is 0.139 e. The third-order valence-electron chi connectivity index (χ3n) is 2.79. The Kier molecular flexibility index (Phi) is 1.94. The lowest BCUT2D eigenvalue weighted by Crippen LogP contribution is -2.00. The molecule has 3 aromatic rings. The highest BCUT2D eigenvalue weighted by atomic mass is 16.3. The van der Waals surface area contributed by atoms with Gasteiger partial charge in [-0.15, -0.1) is 0 Å². The zero-order chi connectivity index (χ0) is 11.1. The molecular formula is C11H12N4O. The van der Waals surface area contributed by atoms with Gasteiger partial charge in [0.25, 0.3) is 0 Å². The number of nitrogens with zero attached hydrogens (tertiary/aromatic N) is 2. The fourth-order valence-electron chi connectivity index (χ4n) is 1.81. The summed E-state index contributed by atoms with van der Waals surface area (Å²) in [5.41, 5.74) is 2.64. The van der Waals surface area contributed by atoms with Crippen molar-refractivity contribution in [1.82, 2.24) is 19.9 Å². The Morgan fingerprint density at radius 2 is 2.38 bits per heavy atom. The van der Waals surface area contributed by atoms with Gasteiger partial charge in [-0.1, -0.05) is 6.92 Å². The molecular weight excluding hydrogens is 204 g/mol. The molecule has 0 bridgehead atoms. The van der Waals surface area contributed by atoms with Crippen LogP contribution in [0.3, 0.4) is 0 Å². The van der Waals surface area contributed by atoms with Gasteiger partial charge in [0.2, 0.25) is 0 Å². The molecule has 5 nitrogen and oxygen atoms in total. The number of hydrogen-bond acceptors (Lipinski definition) is 3. The zero-order valence-corrected chi connectivity index (χ0v) is 8.86. The van der Waals surface area contributed by atoms with Crippen LogP contribution >= 0.6 is 0 Å². The Balaban J connectivity index is 2.30. The van der Waals surface area contributed by atoms with Crippen LogP contribution in [0.4, 0.5) is 0 Å². The number of nitrogens with one attached hydrogen (secondary N) is 2. The van der Waals surface area contributed by atoms with Crippen molar-refractivity contribution in [3.8, 4) is 0 Å². The third-order valence-corrected chi connectivity index (χ3v) is 2.79. The molecule has 0 aliphatic heterocycles. The Labute approximate surface area is 91.5 Å². The Hall–Kier alpha value is -1.88. The first kappa shape index (κ1) is 9.35. The van der Waals surface area contributed by atoms with Crippen molar-refractivity contribution in [1.29, 1.82) is 0 Å². The summed E-state index contributed by atoms with van der Waals surface area (Å²) in [6.07, 6.45) is 3.61. The quantitative estimate of drug-likeness (QED) is 0.608. The molecule has 0 spiro atoms. The van der Waals surface area contributed by atoms with E-state index in [-0.39, 0.29) is 12.5 Å². The molecule has 0 aliphatic carbocycles. The van der Waals surface area contributed by atoms with Crippen molar-refractivity contribution in [2.45, 2.75) is 12.8 Å². The molecule has 0 aromatic carbocycles. The highest BCUT2D eigenvalue weighted by Gasteiger charge is 2.12. The summed E-state index contributed by atoms with van der Waals surface area (Å²) < 4.78 is 0. The number of fused-ring (bicyclic) bond motifs is 3. The maximum absolute atomic E-state index is 9.10. The van der Waals surface area contributed by atoms with Crippen molar-refractivity contribution < 1.29 is 5.11 Å². The molecule has 3 N–H and O–H groups in total. The number of aromatic nitrogens is 4. The van der Waals surface area contributed by atoms with Gasteiger partial charge in [-0.05, 0) is 6.07 Å². The molecule has 16 heavy (non-hydrogen) atoms. The van der Waals surface area contributed by atoms with E-state index in [0.29, 0.717) is 0 Å². The van der Waals surface area contributed by atoms with Crippen LogP contribution in [-0.4, -0.2) is 31.6 Å². The van der Waals surface area contributed by atoms with E-state index in [1.54, 1.807) is 6.20 Å². The third kappa shape index (κ3) is 1.22. The molecule has 3 heterocycles. The van der Waals surface area contributed by atoms with Gasteiger partial charge in [0.05, 0.1) is 18.3 Å². The molecule has 1 atom stereocenters. The highest BCUT2D eigenvalue weighted by Crippen LogP contribution is 2.23. The molecule has 0 aliphatic rings. The van der Waals surface area contributed by atoms with Crippen LogP contribution in [0.2, 0.25) is 0 Å². The first-order valence-corrected chi connectivity index (χ1v) is 5.22. The lowest BCUT2D eigenvalue weighted by molar-refractivity contribution is 0.269. The number of pyridine rings is 1. The second kappa shape index (κ2) is 3.31. The predicted octanol–water partition coefficient (Wildman–Crippen LogP) is 1.53. The summed E-state index contributed by atoms with van der Waals surface area (Å²) in [5.74, 6) is 0.814. The number of imidazole rings is 1. The molecule has 3 rings (SSSR count). The average Bonchev–Trinajstić information content (AvgIpc) is 2.92. The predicted molar refractivity (Wildman–Crippen MR) is 61.2 cm³/mol. The molecule has 0 amide bonds. The minimum Gasteiger partial charge on any atom is -0.396 e. The Bertz CT molecular complexity index is 640. The fourth-order valence-corrected chi connectivity index (χ4v) is 1.81. The monoisotopic (exact) mass is 216 g/mol. The van der Waals surface area contributed by atoms with Crippen LogP contribution < -0.4 is 0 Å². The van der Waals surface area contributed by atoms with Crippen molar-refractivity contribution in [2.24, 2.45) is 0 Å². The molecule has 3 aromatic heterocycles. The van der Waals surface area contributed by atoms with Gasteiger partial charge in [-0.2, -0.15) is 0 Å². The molecule has 1 unspecified atom stereocenters. The van der Waals surface area contributed by atoms with Crippen LogP contribution in [0.15, 0.2) is 18.5 Å². The number of aliphatic hydroxyl groups is 1. The highest BCUT2D eigenvalue weighted by molar-refractivity contribution is 6.00. The van der Waals surface area contributed by atoms with Crippen LogP contribution in [0.1, 0.15) is 18.7 Å². The van der Waals surface area contributed by atoms with E-state index in [4.69, 9.17) is 5.11 Å². The zero-order valence-electron chi connectivity index (χ0n) is 8.86. The number of aliphatic hydroxyl groups excluding tert-OH is 1. The van der Waals surface area contributed by atoms with Crippen molar-refractivity contribution >= 4 is 22.1 Å².